The maximum atomic E-state index is 12.0. The van der Waals surface area contributed by atoms with E-state index in [2.05, 4.69) is 39.8 Å². The second-order valence-corrected chi connectivity index (χ2v) is 6.35. The van der Waals surface area contributed by atoms with Crippen molar-refractivity contribution in [2.75, 3.05) is 32.1 Å². The number of nitrogens with zero attached hydrogens (tertiary/aromatic N) is 1. The fourth-order valence-corrected chi connectivity index (χ4v) is 2.27. The number of hydrogen-bond donors (Lipinski definition) is 3. The predicted molar refractivity (Wildman–Crippen MR) is 97.3 cm³/mol. The van der Waals surface area contributed by atoms with Crippen LogP contribution in [0.2, 0.25) is 0 Å². The number of amides is 3. The lowest BCUT2D eigenvalue weighted by atomic mass is 10.2. The quantitative estimate of drug-likeness (QED) is 0.658. The van der Waals surface area contributed by atoms with E-state index < -0.39 is 6.03 Å². The molecule has 0 aliphatic rings. The fourth-order valence-electron chi connectivity index (χ4n) is 2.27. The first-order chi connectivity index (χ1) is 11.3. The van der Waals surface area contributed by atoms with Gasteiger partial charge in [0.2, 0.25) is 0 Å². The molecule has 1 rings (SSSR count). The molecule has 1 unspecified atom stereocenters. The van der Waals surface area contributed by atoms with Crippen LogP contribution in [-0.4, -0.2) is 45.2 Å². The van der Waals surface area contributed by atoms with Crippen LogP contribution in [0.5, 0.6) is 0 Å². The zero-order valence-electron chi connectivity index (χ0n) is 15.5. The van der Waals surface area contributed by atoms with E-state index in [9.17, 15) is 9.59 Å². The third-order valence-electron chi connectivity index (χ3n) is 4.06. The van der Waals surface area contributed by atoms with Gasteiger partial charge in [0.1, 0.15) is 6.54 Å². The van der Waals surface area contributed by atoms with Crippen molar-refractivity contribution < 1.29 is 14.5 Å². The maximum Gasteiger partial charge on any atom is 0.321 e. The zero-order valence-corrected chi connectivity index (χ0v) is 15.5. The SMILES string of the molecule is CC[C@@H](C)NC(=O)NC(=O)C[NH+](CC)Cc1ccc(N(C)C)cc1. The first-order valence-electron chi connectivity index (χ1n) is 8.55. The van der Waals surface area contributed by atoms with Gasteiger partial charge in [0.25, 0.3) is 5.91 Å². The highest BCUT2D eigenvalue weighted by atomic mass is 16.2. The third kappa shape index (κ3) is 7.00. The fraction of sp³-hybridized carbons (Fsp3) is 0.556. The molecular weight excluding hydrogens is 304 g/mol. The molecule has 0 saturated carbocycles. The number of benzene rings is 1. The number of quaternary nitrogens is 1. The Morgan fingerprint density at radius 2 is 1.79 bits per heavy atom. The van der Waals surface area contributed by atoms with Crippen molar-refractivity contribution in [3.8, 4) is 0 Å². The van der Waals surface area contributed by atoms with Crippen LogP contribution in [0.1, 0.15) is 32.8 Å². The third-order valence-corrected chi connectivity index (χ3v) is 4.06. The molecule has 0 bridgehead atoms. The first kappa shape index (κ1) is 20.0. The van der Waals surface area contributed by atoms with Crippen LogP contribution in [0.3, 0.4) is 0 Å². The van der Waals surface area contributed by atoms with E-state index in [1.807, 2.05) is 34.9 Å². The molecule has 134 valence electrons. The van der Waals surface area contributed by atoms with Crippen LogP contribution in [0, 0.1) is 0 Å². The Bertz CT molecular complexity index is 528. The second-order valence-electron chi connectivity index (χ2n) is 6.35. The molecule has 3 amide bonds. The van der Waals surface area contributed by atoms with E-state index in [-0.39, 0.29) is 18.5 Å². The van der Waals surface area contributed by atoms with E-state index in [0.717, 1.165) is 30.1 Å². The molecule has 1 aromatic carbocycles. The highest BCUT2D eigenvalue weighted by Gasteiger charge is 2.16. The summed E-state index contributed by atoms with van der Waals surface area (Å²) in [6.07, 6.45) is 0.830. The largest absolute Gasteiger partial charge is 0.378 e. The van der Waals surface area contributed by atoms with Crippen molar-refractivity contribution in [3.63, 3.8) is 0 Å². The van der Waals surface area contributed by atoms with E-state index in [4.69, 9.17) is 0 Å². The molecule has 6 nitrogen and oxygen atoms in total. The van der Waals surface area contributed by atoms with Crippen LogP contribution < -0.4 is 20.4 Å². The van der Waals surface area contributed by atoms with Gasteiger partial charge in [-0.15, -0.1) is 0 Å². The lowest BCUT2D eigenvalue weighted by Crippen LogP contribution is -3.11. The number of anilines is 1. The lowest BCUT2D eigenvalue weighted by Gasteiger charge is -2.18. The molecule has 6 heteroatoms. The average Bonchev–Trinajstić information content (AvgIpc) is 2.54. The van der Waals surface area contributed by atoms with Crippen molar-refractivity contribution >= 4 is 17.6 Å². The van der Waals surface area contributed by atoms with Gasteiger partial charge in [0.15, 0.2) is 6.54 Å². The Morgan fingerprint density at radius 1 is 1.17 bits per heavy atom. The Morgan fingerprint density at radius 3 is 2.29 bits per heavy atom. The summed E-state index contributed by atoms with van der Waals surface area (Å²) in [7, 11) is 4.01. The van der Waals surface area contributed by atoms with E-state index >= 15 is 0 Å². The molecule has 0 radical (unpaired) electrons. The van der Waals surface area contributed by atoms with Gasteiger partial charge in [-0.1, -0.05) is 19.1 Å². The molecule has 3 N–H and O–H groups in total. The molecule has 2 atom stereocenters. The second kappa shape index (κ2) is 9.93. The molecule has 0 aromatic heterocycles. The number of hydrogen-bond acceptors (Lipinski definition) is 3. The lowest BCUT2D eigenvalue weighted by molar-refractivity contribution is -0.904. The highest BCUT2D eigenvalue weighted by Crippen LogP contribution is 2.11. The van der Waals surface area contributed by atoms with Gasteiger partial charge in [-0.05, 0) is 32.4 Å². The van der Waals surface area contributed by atoms with Gasteiger partial charge in [0, 0.05) is 31.4 Å². The van der Waals surface area contributed by atoms with Crippen LogP contribution in [-0.2, 0) is 11.3 Å². The van der Waals surface area contributed by atoms with E-state index in [1.165, 1.54) is 5.56 Å². The summed E-state index contributed by atoms with van der Waals surface area (Å²) >= 11 is 0. The van der Waals surface area contributed by atoms with Gasteiger partial charge < -0.3 is 15.1 Å². The van der Waals surface area contributed by atoms with Crippen LogP contribution in [0.15, 0.2) is 24.3 Å². The maximum absolute atomic E-state index is 12.0. The monoisotopic (exact) mass is 335 g/mol. The topological polar surface area (TPSA) is 65.9 Å². The highest BCUT2D eigenvalue weighted by molar-refractivity contribution is 5.94. The van der Waals surface area contributed by atoms with Crippen molar-refractivity contribution in [1.82, 2.24) is 10.6 Å². The van der Waals surface area contributed by atoms with E-state index in [0.29, 0.717) is 0 Å². The van der Waals surface area contributed by atoms with Gasteiger partial charge in [-0.3, -0.25) is 10.1 Å². The number of likely N-dealkylation sites (N-methyl/N-ethyl adjacent to an activating group) is 1. The minimum absolute atomic E-state index is 0.0580. The average molecular weight is 335 g/mol. The minimum Gasteiger partial charge on any atom is -0.378 e. The summed E-state index contributed by atoms with van der Waals surface area (Å²) in [6, 6.07) is 7.95. The Hall–Kier alpha value is -2.08. The molecule has 0 heterocycles. The van der Waals surface area contributed by atoms with Crippen LogP contribution >= 0.6 is 0 Å². The molecule has 0 aliphatic heterocycles. The summed E-state index contributed by atoms with van der Waals surface area (Å²) < 4.78 is 0. The van der Waals surface area contributed by atoms with Gasteiger partial charge in [-0.2, -0.15) is 0 Å². The normalized spacial score (nSPS) is 13.0. The van der Waals surface area contributed by atoms with Gasteiger partial charge in [0.05, 0.1) is 6.54 Å². The number of carbonyl (C=O) groups is 2. The summed E-state index contributed by atoms with van der Waals surface area (Å²) in [5, 5.41) is 5.14. The van der Waals surface area contributed by atoms with E-state index in [1.54, 1.807) is 0 Å². The molecule has 1 aromatic rings. The number of rotatable bonds is 8. The smallest absolute Gasteiger partial charge is 0.321 e. The summed E-state index contributed by atoms with van der Waals surface area (Å²) in [5.74, 6) is -0.252. The van der Waals surface area contributed by atoms with Crippen molar-refractivity contribution in [3.05, 3.63) is 29.8 Å². The Kier molecular flexibility index (Phi) is 8.26. The minimum atomic E-state index is -0.417. The number of urea groups is 1. The Balaban J connectivity index is 2.51. The standard InChI is InChI=1S/C18H30N4O2/c1-6-14(3)19-18(24)20-17(23)13-22(7-2)12-15-8-10-16(11-9-15)21(4)5/h8-11,14H,6-7,12-13H2,1-5H3,(H2,19,20,23,24)/p+1/t14-/m1/s1. The first-order valence-corrected chi connectivity index (χ1v) is 8.55. The Labute approximate surface area is 145 Å². The number of carbonyl (C=O) groups excluding carboxylic acids is 2. The summed E-state index contributed by atoms with van der Waals surface area (Å²) in [5.41, 5.74) is 2.32. The van der Waals surface area contributed by atoms with Crippen molar-refractivity contribution in [2.45, 2.75) is 39.8 Å². The predicted octanol–water partition coefficient (Wildman–Crippen LogP) is 0.782. The van der Waals surface area contributed by atoms with Gasteiger partial charge in [-0.25, -0.2) is 4.79 Å². The summed E-state index contributed by atoms with van der Waals surface area (Å²) in [6.45, 7) is 7.78. The van der Waals surface area contributed by atoms with Gasteiger partial charge >= 0.3 is 6.03 Å². The number of nitrogens with one attached hydrogen (secondary N) is 3. The molecule has 0 fully saturated rings. The van der Waals surface area contributed by atoms with Crippen molar-refractivity contribution in [2.24, 2.45) is 0 Å². The zero-order chi connectivity index (χ0) is 18.1. The number of imide groups is 1. The van der Waals surface area contributed by atoms with Crippen molar-refractivity contribution in [1.29, 1.82) is 0 Å². The molecule has 24 heavy (non-hydrogen) atoms. The molecule has 0 spiro atoms. The molecule has 0 saturated heterocycles. The molecular formula is C18H31N4O2+. The molecule has 0 aliphatic carbocycles. The summed E-state index contributed by atoms with van der Waals surface area (Å²) in [4.78, 5) is 26.9. The van der Waals surface area contributed by atoms with Crippen LogP contribution in [0.4, 0.5) is 10.5 Å². The van der Waals surface area contributed by atoms with Crippen LogP contribution in [0.25, 0.3) is 0 Å².